The number of carbonyl (C=O) groups is 2. The molecule has 0 saturated heterocycles. The molecule has 1 heterocycles. The van der Waals surface area contributed by atoms with Crippen molar-refractivity contribution in [3.05, 3.63) is 45.4 Å². The summed E-state index contributed by atoms with van der Waals surface area (Å²) in [6.07, 6.45) is 0. The van der Waals surface area contributed by atoms with Crippen molar-refractivity contribution in [1.29, 1.82) is 0 Å². The molecule has 2 amide bonds. The van der Waals surface area contributed by atoms with Gasteiger partial charge in [-0.25, -0.2) is 4.98 Å². The number of hydrogen-bond acceptors (Lipinski definition) is 5. The number of hydrogen-bond donors (Lipinski definition) is 2. The molecule has 1 aromatic heterocycles. The van der Waals surface area contributed by atoms with Crippen LogP contribution >= 0.6 is 11.3 Å². The summed E-state index contributed by atoms with van der Waals surface area (Å²) in [6, 6.07) is 7.16. The smallest absolute Gasteiger partial charge is 0.263 e. The van der Waals surface area contributed by atoms with Crippen molar-refractivity contribution in [3.8, 4) is 5.75 Å². The Balaban J connectivity index is 1.97. The normalized spacial score (nSPS) is 11.7. The first kappa shape index (κ1) is 18.9. The molecule has 0 fully saturated rings. The van der Waals surface area contributed by atoms with E-state index in [0.29, 0.717) is 28.7 Å². The van der Waals surface area contributed by atoms with Crippen LogP contribution in [-0.2, 0) is 11.4 Å². The summed E-state index contributed by atoms with van der Waals surface area (Å²) in [5, 5.41) is 6.09. The van der Waals surface area contributed by atoms with Gasteiger partial charge in [-0.3, -0.25) is 9.59 Å². The van der Waals surface area contributed by atoms with Crippen molar-refractivity contribution in [2.24, 2.45) is 0 Å². The highest BCUT2D eigenvalue weighted by Crippen LogP contribution is 2.20. The van der Waals surface area contributed by atoms with Crippen molar-refractivity contribution in [1.82, 2.24) is 15.6 Å². The van der Waals surface area contributed by atoms with E-state index in [4.69, 9.17) is 4.74 Å². The molecule has 0 saturated carbocycles. The Kier molecular flexibility index (Phi) is 6.52. The van der Waals surface area contributed by atoms with Gasteiger partial charge in [0.25, 0.3) is 5.91 Å². The van der Waals surface area contributed by atoms with Gasteiger partial charge in [0.15, 0.2) is 0 Å². The number of aryl methyl sites for hydroxylation is 2. The Bertz CT molecular complexity index is 741. The molecule has 0 aliphatic carbocycles. The summed E-state index contributed by atoms with van der Waals surface area (Å²) in [4.78, 5) is 29.0. The Morgan fingerprint density at radius 1 is 1.24 bits per heavy atom. The number of nitrogens with zero attached hydrogens (tertiary/aromatic N) is 1. The molecular weight excluding hydrogens is 338 g/mol. The molecule has 2 aromatic rings. The van der Waals surface area contributed by atoms with Crippen LogP contribution in [-0.4, -0.2) is 29.4 Å². The van der Waals surface area contributed by atoms with Gasteiger partial charge in [0.1, 0.15) is 28.3 Å². The van der Waals surface area contributed by atoms with E-state index in [1.807, 2.05) is 38.1 Å². The summed E-state index contributed by atoms with van der Waals surface area (Å²) in [6.45, 7) is 8.10. The van der Waals surface area contributed by atoms with Crippen molar-refractivity contribution in [2.75, 3.05) is 6.54 Å². The Morgan fingerprint density at radius 3 is 2.56 bits per heavy atom. The third-order valence-electron chi connectivity index (χ3n) is 3.52. The summed E-state index contributed by atoms with van der Waals surface area (Å²) in [5.41, 5.74) is 1.80. The summed E-state index contributed by atoms with van der Waals surface area (Å²) in [7, 11) is 0. The van der Waals surface area contributed by atoms with Crippen LogP contribution in [0.2, 0.25) is 0 Å². The van der Waals surface area contributed by atoms with E-state index in [1.54, 1.807) is 13.8 Å². The van der Waals surface area contributed by atoms with Crippen LogP contribution in [0.5, 0.6) is 5.75 Å². The van der Waals surface area contributed by atoms with Crippen LogP contribution < -0.4 is 15.4 Å². The van der Waals surface area contributed by atoms with E-state index in [-0.39, 0.29) is 11.8 Å². The molecule has 1 atom stereocenters. The van der Waals surface area contributed by atoms with E-state index in [1.165, 1.54) is 11.3 Å². The Labute approximate surface area is 151 Å². The molecule has 0 radical (unpaired) electrons. The van der Waals surface area contributed by atoms with Crippen LogP contribution in [0.1, 0.15) is 39.8 Å². The lowest BCUT2D eigenvalue weighted by molar-refractivity contribution is -0.122. The zero-order chi connectivity index (χ0) is 18.4. The topological polar surface area (TPSA) is 80.3 Å². The number of rotatable bonds is 7. The van der Waals surface area contributed by atoms with E-state index < -0.39 is 6.04 Å². The molecule has 7 heteroatoms. The van der Waals surface area contributed by atoms with Gasteiger partial charge in [0.2, 0.25) is 5.91 Å². The number of nitrogens with one attached hydrogen (secondary N) is 2. The first-order valence-corrected chi connectivity index (χ1v) is 8.96. The van der Waals surface area contributed by atoms with Crippen molar-refractivity contribution < 1.29 is 14.3 Å². The second kappa shape index (κ2) is 8.62. The van der Waals surface area contributed by atoms with Crippen molar-refractivity contribution in [3.63, 3.8) is 0 Å². The number of benzene rings is 1. The lowest BCUT2D eigenvalue weighted by Crippen LogP contribution is -2.44. The van der Waals surface area contributed by atoms with Gasteiger partial charge in [-0.1, -0.05) is 17.7 Å². The number of amides is 2. The Hall–Kier alpha value is -2.41. The van der Waals surface area contributed by atoms with Crippen LogP contribution in [0.15, 0.2) is 24.3 Å². The maximum absolute atomic E-state index is 12.3. The van der Waals surface area contributed by atoms with Gasteiger partial charge in [-0.05, 0) is 39.8 Å². The van der Waals surface area contributed by atoms with Gasteiger partial charge < -0.3 is 15.4 Å². The van der Waals surface area contributed by atoms with Crippen LogP contribution in [0.4, 0.5) is 0 Å². The standard InChI is InChI=1S/C18H23N3O3S/c1-5-19-17(22)13(4)21-18(23)16-12(3)20-15(25-16)10-24-14-8-6-11(2)7-9-14/h6-9,13H,5,10H2,1-4H3,(H,19,22)(H,21,23)/t13-/m1/s1. The van der Waals surface area contributed by atoms with E-state index in [0.717, 1.165) is 11.3 Å². The lowest BCUT2D eigenvalue weighted by atomic mass is 10.2. The quantitative estimate of drug-likeness (QED) is 0.794. The maximum atomic E-state index is 12.3. The minimum absolute atomic E-state index is 0.207. The molecule has 0 unspecified atom stereocenters. The third-order valence-corrected chi connectivity index (χ3v) is 4.65. The van der Waals surface area contributed by atoms with Gasteiger partial charge in [-0.15, -0.1) is 11.3 Å². The molecule has 0 aliphatic heterocycles. The zero-order valence-corrected chi connectivity index (χ0v) is 15.7. The molecule has 2 rings (SSSR count). The lowest BCUT2D eigenvalue weighted by Gasteiger charge is -2.12. The molecule has 6 nitrogen and oxygen atoms in total. The second-order valence-corrected chi connectivity index (χ2v) is 6.80. The van der Waals surface area contributed by atoms with E-state index in [2.05, 4.69) is 15.6 Å². The number of likely N-dealkylation sites (N-methyl/N-ethyl adjacent to an activating group) is 1. The Morgan fingerprint density at radius 2 is 1.92 bits per heavy atom. The third kappa shape index (κ3) is 5.29. The largest absolute Gasteiger partial charge is 0.486 e. The average molecular weight is 361 g/mol. The van der Waals surface area contributed by atoms with Gasteiger partial charge in [0, 0.05) is 6.54 Å². The highest BCUT2D eigenvalue weighted by atomic mass is 32.1. The fraction of sp³-hybridized carbons (Fsp3) is 0.389. The van der Waals surface area contributed by atoms with Crippen LogP contribution in [0.25, 0.3) is 0 Å². The van der Waals surface area contributed by atoms with E-state index >= 15 is 0 Å². The van der Waals surface area contributed by atoms with Crippen molar-refractivity contribution in [2.45, 2.75) is 40.3 Å². The van der Waals surface area contributed by atoms with Gasteiger partial charge in [0.05, 0.1) is 5.69 Å². The number of thiazole rings is 1. The number of carbonyl (C=O) groups excluding carboxylic acids is 2. The molecule has 1 aromatic carbocycles. The first-order valence-electron chi connectivity index (χ1n) is 8.15. The predicted molar refractivity (Wildman–Crippen MR) is 98.0 cm³/mol. The summed E-state index contributed by atoms with van der Waals surface area (Å²) in [5.74, 6) is 0.255. The second-order valence-electron chi connectivity index (χ2n) is 5.71. The van der Waals surface area contributed by atoms with Gasteiger partial charge in [-0.2, -0.15) is 0 Å². The number of aromatic nitrogens is 1. The molecule has 0 spiro atoms. The number of ether oxygens (including phenoxy) is 1. The monoisotopic (exact) mass is 361 g/mol. The average Bonchev–Trinajstić information content (AvgIpc) is 2.95. The van der Waals surface area contributed by atoms with E-state index in [9.17, 15) is 9.59 Å². The summed E-state index contributed by atoms with van der Waals surface area (Å²) >= 11 is 1.28. The SMILES string of the molecule is CCNC(=O)[C@@H](C)NC(=O)c1sc(COc2ccc(C)cc2)nc1C. The minimum Gasteiger partial charge on any atom is -0.486 e. The highest BCUT2D eigenvalue weighted by Gasteiger charge is 2.20. The zero-order valence-electron chi connectivity index (χ0n) is 14.9. The highest BCUT2D eigenvalue weighted by molar-refractivity contribution is 7.13. The predicted octanol–water partition coefficient (Wildman–Crippen LogP) is 2.59. The van der Waals surface area contributed by atoms with Crippen molar-refractivity contribution >= 4 is 23.2 Å². The fourth-order valence-corrected chi connectivity index (χ4v) is 3.04. The molecule has 2 N–H and O–H groups in total. The van der Waals surface area contributed by atoms with Crippen LogP contribution in [0, 0.1) is 13.8 Å². The molecule has 25 heavy (non-hydrogen) atoms. The molecular formula is C18H23N3O3S. The minimum atomic E-state index is -0.596. The van der Waals surface area contributed by atoms with Crippen LogP contribution in [0.3, 0.4) is 0 Å². The van der Waals surface area contributed by atoms with Gasteiger partial charge >= 0.3 is 0 Å². The fourth-order valence-electron chi connectivity index (χ4n) is 2.16. The molecule has 0 bridgehead atoms. The summed E-state index contributed by atoms with van der Waals surface area (Å²) < 4.78 is 5.70. The molecule has 134 valence electrons. The first-order chi connectivity index (χ1) is 11.9. The molecule has 0 aliphatic rings. The maximum Gasteiger partial charge on any atom is 0.263 e.